The summed E-state index contributed by atoms with van der Waals surface area (Å²) in [6, 6.07) is 8.33. The fourth-order valence-corrected chi connectivity index (χ4v) is 3.17. The van der Waals surface area contributed by atoms with Crippen molar-refractivity contribution in [3.63, 3.8) is 0 Å². The van der Waals surface area contributed by atoms with Gasteiger partial charge in [-0.15, -0.1) is 0 Å². The summed E-state index contributed by atoms with van der Waals surface area (Å²) in [5.74, 6) is 1.60. The van der Waals surface area contributed by atoms with Gasteiger partial charge in [-0.3, -0.25) is 4.79 Å². The second-order valence-electron chi connectivity index (χ2n) is 6.95. The molecule has 0 N–H and O–H groups in total. The Bertz CT molecular complexity index is 748. The first-order chi connectivity index (χ1) is 12.5. The summed E-state index contributed by atoms with van der Waals surface area (Å²) >= 11 is 0. The smallest absolute Gasteiger partial charge is 0.225 e. The van der Waals surface area contributed by atoms with Crippen LogP contribution in [0.2, 0.25) is 0 Å². The van der Waals surface area contributed by atoms with Crippen LogP contribution in [0, 0.1) is 11.7 Å². The van der Waals surface area contributed by atoms with E-state index in [2.05, 4.69) is 14.9 Å². The van der Waals surface area contributed by atoms with Crippen molar-refractivity contribution in [2.75, 3.05) is 31.1 Å². The standard InChI is InChI=1S/C20H25FN4O/c1-15(2)20(26)25-11-3-10-24(12-13-25)19-8-9-22-18(23-19)14-16-4-6-17(21)7-5-16/h4-9,15H,3,10-14H2,1-2H3. The third-order valence-electron chi connectivity index (χ3n) is 4.59. The Kier molecular flexibility index (Phi) is 5.81. The largest absolute Gasteiger partial charge is 0.355 e. The molecule has 1 aliphatic heterocycles. The SMILES string of the molecule is CC(C)C(=O)N1CCCN(c2ccnc(Cc3ccc(F)cc3)n2)CC1. The van der Waals surface area contributed by atoms with Crippen molar-refractivity contribution in [3.05, 3.63) is 53.7 Å². The Balaban J connectivity index is 1.67. The van der Waals surface area contributed by atoms with Gasteiger partial charge in [-0.05, 0) is 30.2 Å². The molecule has 0 spiro atoms. The van der Waals surface area contributed by atoms with Gasteiger partial charge in [-0.1, -0.05) is 26.0 Å². The lowest BCUT2D eigenvalue weighted by molar-refractivity contribution is -0.134. The van der Waals surface area contributed by atoms with Crippen LogP contribution in [0.5, 0.6) is 0 Å². The lowest BCUT2D eigenvalue weighted by Gasteiger charge is -2.24. The van der Waals surface area contributed by atoms with E-state index in [-0.39, 0.29) is 17.6 Å². The molecule has 3 rings (SSSR count). The van der Waals surface area contributed by atoms with Gasteiger partial charge in [0, 0.05) is 44.7 Å². The zero-order valence-corrected chi connectivity index (χ0v) is 15.4. The first-order valence-electron chi connectivity index (χ1n) is 9.13. The molecule has 0 bridgehead atoms. The highest BCUT2D eigenvalue weighted by molar-refractivity contribution is 5.78. The van der Waals surface area contributed by atoms with Crippen LogP contribution in [-0.4, -0.2) is 47.0 Å². The molecule has 2 aromatic rings. The zero-order valence-electron chi connectivity index (χ0n) is 15.4. The molecule has 0 radical (unpaired) electrons. The van der Waals surface area contributed by atoms with Gasteiger partial charge in [-0.25, -0.2) is 14.4 Å². The van der Waals surface area contributed by atoms with E-state index in [9.17, 15) is 9.18 Å². The number of hydrogen-bond acceptors (Lipinski definition) is 4. The highest BCUT2D eigenvalue weighted by Crippen LogP contribution is 2.16. The highest BCUT2D eigenvalue weighted by atomic mass is 19.1. The minimum atomic E-state index is -0.242. The molecule has 0 aliphatic carbocycles. The molecule has 1 fully saturated rings. The molecule has 0 saturated carbocycles. The van der Waals surface area contributed by atoms with Crippen LogP contribution in [0.4, 0.5) is 10.2 Å². The van der Waals surface area contributed by atoms with E-state index in [0.717, 1.165) is 37.4 Å². The maximum Gasteiger partial charge on any atom is 0.225 e. The summed E-state index contributed by atoms with van der Waals surface area (Å²) in [5.41, 5.74) is 0.980. The van der Waals surface area contributed by atoms with Gasteiger partial charge in [0.05, 0.1) is 0 Å². The fourth-order valence-electron chi connectivity index (χ4n) is 3.17. The van der Waals surface area contributed by atoms with Crippen LogP contribution in [0.3, 0.4) is 0 Å². The van der Waals surface area contributed by atoms with E-state index in [0.29, 0.717) is 18.8 Å². The second kappa shape index (κ2) is 8.25. The van der Waals surface area contributed by atoms with Crippen molar-refractivity contribution in [2.24, 2.45) is 5.92 Å². The van der Waals surface area contributed by atoms with Gasteiger partial charge in [0.2, 0.25) is 5.91 Å². The number of anilines is 1. The first-order valence-corrected chi connectivity index (χ1v) is 9.13. The minimum absolute atomic E-state index is 0.0305. The molecule has 1 aromatic carbocycles. The van der Waals surface area contributed by atoms with Crippen LogP contribution < -0.4 is 4.90 Å². The summed E-state index contributed by atoms with van der Waals surface area (Å²) in [7, 11) is 0. The molecule has 6 heteroatoms. The summed E-state index contributed by atoms with van der Waals surface area (Å²) in [6.45, 7) is 7.03. The molecular weight excluding hydrogens is 331 g/mol. The van der Waals surface area contributed by atoms with E-state index in [4.69, 9.17) is 0 Å². The Morgan fingerprint density at radius 2 is 1.88 bits per heavy atom. The number of hydrogen-bond donors (Lipinski definition) is 0. The Morgan fingerprint density at radius 1 is 1.12 bits per heavy atom. The van der Waals surface area contributed by atoms with Gasteiger partial charge in [0.25, 0.3) is 0 Å². The summed E-state index contributed by atoms with van der Waals surface area (Å²) in [5, 5.41) is 0. The number of amides is 1. The van der Waals surface area contributed by atoms with Gasteiger partial charge in [0.15, 0.2) is 0 Å². The van der Waals surface area contributed by atoms with E-state index in [1.807, 2.05) is 24.8 Å². The van der Waals surface area contributed by atoms with Crippen molar-refractivity contribution in [3.8, 4) is 0 Å². The zero-order chi connectivity index (χ0) is 18.5. The van der Waals surface area contributed by atoms with E-state index < -0.39 is 0 Å². The fraction of sp³-hybridized carbons (Fsp3) is 0.450. The number of aromatic nitrogens is 2. The second-order valence-corrected chi connectivity index (χ2v) is 6.95. The predicted molar refractivity (Wildman–Crippen MR) is 99.5 cm³/mol. The summed E-state index contributed by atoms with van der Waals surface area (Å²) < 4.78 is 13.0. The molecular formula is C20H25FN4O. The molecule has 26 heavy (non-hydrogen) atoms. The van der Waals surface area contributed by atoms with Crippen molar-refractivity contribution in [1.82, 2.24) is 14.9 Å². The maximum atomic E-state index is 13.0. The van der Waals surface area contributed by atoms with Gasteiger partial charge in [-0.2, -0.15) is 0 Å². The lowest BCUT2D eigenvalue weighted by Crippen LogP contribution is -2.37. The number of nitrogens with zero attached hydrogens (tertiary/aromatic N) is 4. The Morgan fingerprint density at radius 3 is 2.62 bits per heavy atom. The average molecular weight is 356 g/mol. The topological polar surface area (TPSA) is 49.3 Å². The minimum Gasteiger partial charge on any atom is -0.355 e. The van der Waals surface area contributed by atoms with E-state index >= 15 is 0 Å². The van der Waals surface area contributed by atoms with Crippen molar-refractivity contribution in [1.29, 1.82) is 0 Å². The van der Waals surface area contributed by atoms with Crippen LogP contribution >= 0.6 is 0 Å². The van der Waals surface area contributed by atoms with E-state index in [1.165, 1.54) is 12.1 Å². The van der Waals surface area contributed by atoms with E-state index in [1.54, 1.807) is 18.3 Å². The average Bonchev–Trinajstić information content (AvgIpc) is 2.89. The molecule has 1 aromatic heterocycles. The lowest BCUT2D eigenvalue weighted by atomic mass is 10.1. The summed E-state index contributed by atoms with van der Waals surface area (Å²) in [6.07, 6.45) is 3.26. The normalized spacial score (nSPS) is 15.2. The monoisotopic (exact) mass is 356 g/mol. The molecule has 1 amide bonds. The molecule has 0 atom stereocenters. The van der Waals surface area contributed by atoms with Crippen molar-refractivity contribution in [2.45, 2.75) is 26.7 Å². The Hall–Kier alpha value is -2.50. The number of carbonyl (C=O) groups is 1. The molecule has 1 aliphatic rings. The highest BCUT2D eigenvalue weighted by Gasteiger charge is 2.21. The van der Waals surface area contributed by atoms with Crippen molar-refractivity contribution >= 4 is 11.7 Å². The molecule has 0 unspecified atom stereocenters. The van der Waals surface area contributed by atoms with Crippen LogP contribution in [0.25, 0.3) is 0 Å². The van der Waals surface area contributed by atoms with Gasteiger partial charge < -0.3 is 9.80 Å². The number of benzene rings is 1. The van der Waals surface area contributed by atoms with Gasteiger partial charge >= 0.3 is 0 Å². The summed E-state index contributed by atoms with van der Waals surface area (Å²) in [4.78, 5) is 25.4. The quantitative estimate of drug-likeness (QED) is 0.845. The molecule has 1 saturated heterocycles. The third kappa shape index (κ3) is 4.56. The predicted octanol–water partition coefficient (Wildman–Crippen LogP) is 2.90. The molecule has 138 valence electrons. The number of rotatable bonds is 4. The Labute approximate surface area is 153 Å². The molecule has 5 nitrogen and oxygen atoms in total. The third-order valence-corrected chi connectivity index (χ3v) is 4.59. The van der Waals surface area contributed by atoms with Crippen LogP contribution in [-0.2, 0) is 11.2 Å². The van der Waals surface area contributed by atoms with Crippen molar-refractivity contribution < 1.29 is 9.18 Å². The number of carbonyl (C=O) groups excluding carboxylic acids is 1. The number of halogens is 1. The first kappa shape index (κ1) is 18.3. The maximum absolute atomic E-state index is 13.0. The van der Waals surface area contributed by atoms with Crippen LogP contribution in [0.1, 0.15) is 31.7 Å². The van der Waals surface area contributed by atoms with Crippen LogP contribution in [0.15, 0.2) is 36.5 Å². The van der Waals surface area contributed by atoms with Gasteiger partial charge in [0.1, 0.15) is 17.5 Å². The molecule has 2 heterocycles.